The number of esters is 1. The standard InChI is InChI=1S/C13H15N3O3/c1-8-3-4-10(19-8)12-15-14-11-7-9(13(17)18-2)5-6-16(11)12/h3-4,9H,5-7H2,1-2H3. The number of hydrogen-bond donors (Lipinski definition) is 0. The van der Waals surface area contributed by atoms with E-state index in [1.54, 1.807) is 0 Å². The van der Waals surface area contributed by atoms with Crippen LogP contribution in [-0.4, -0.2) is 27.8 Å². The number of carbonyl (C=O) groups excluding carboxylic acids is 1. The fourth-order valence-corrected chi connectivity index (χ4v) is 2.43. The molecule has 0 saturated heterocycles. The second-order valence-electron chi connectivity index (χ2n) is 4.71. The highest BCUT2D eigenvalue weighted by Gasteiger charge is 2.29. The number of ether oxygens (including phenoxy) is 1. The number of methoxy groups -OCH3 is 1. The van der Waals surface area contributed by atoms with Gasteiger partial charge in [-0.1, -0.05) is 0 Å². The van der Waals surface area contributed by atoms with E-state index in [-0.39, 0.29) is 11.9 Å². The molecule has 2 aromatic rings. The summed E-state index contributed by atoms with van der Waals surface area (Å²) >= 11 is 0. The van der Waals surface area contributed by atoms with Crippen LogP contribution in [0.25, 0.3) is 11.6 Å². The minimum atomic E-state index is -0.176. The van der Waals surface area contributed by atoms with E-state index in [1.165, 1.54) is 7.11 Å². The van der Waals surface area contributed by atoms with Crippen LogP contribution in [0.15, 0.2) is 16.5 Å². The molecular formula is C13H15N3O3. The number of aryl methyl sites for hydroxylation is 1. The lowest BCUT2D eigenvalue weighted by atomic mass is 9.98. The van der Waals surface area contributed by atoms with Crippen molar-refractivity contribution in [3.05, 3.63) is 23.7 Å². The highest BCUT2D eigenvalue weighted by molar-refractivity contribution is 5.72. The van der Waals surface area contributed by atoms with Gasteiger partial charge in [0.05, 0.1) is 13.0 Å². The van der Waals surface area contributed by atoms with Gasteiger partial charge in [-0.05, 0) is 25.5 Å². The molecule has 0 bridgehead atoms. The van der Waals surface area contributed by atoms with Crippen LogP contribution in [0, 0.1) is 12.8 Å². The Morgan fingerprint density at radius 3 is 3.00 bits per heavy atom. The Kier molecular flexibility index (Phi) is 2.85. The zero-order valence-corrected chi connectivity index (χ0v) is 10.9. The van der Waals surface area contributed by atoms with Gasteiger partial charge < -0.3 is 13.7 Å². The van der Waals surface area contributed by atoms with Gasteiger partial charge in [0.15, 0.2) is 11.6 Å². The fraction of sp³-hybridized carbons (Fsp3) is 0.462. The van der Waals surface area contributed by atoms with E-state index in [2.05, 4.69) is 10.2 Å². The third kappa shape index (κ3) is 2.03. The molecule has 6 heteroatoms. The Morgan fingerprint density at radius 1 is 1.47 bits per heavy atom. The lowest BCUT2D eigenvalue weighted by Gasteiger charge is -2.21. The molecule has 1 aliphatic rings. The van der Waals surface area contributed by atoms with Crippen molar-refractivity contribution in [2.24, 2.45) is 5.92 Å². The Balaban J connectivity index is 1.90. The van der Waals surface area contributed by atoms with Crippen molar-refractivity contribution in [2.75, 3.05) is 7.11 Å². The van der Waals surface area contributed by atoms with E-state index in [0.29, 0.717) is 18.7 Å². The summed E-state index contributed by atoms with van der Waals surface area (Å²) in [4.78, 5) is 11.6. The molecule has 0 radical (unpaired) electrons. The van der Waals surface area contributed by atoms with Crippen molar-refractivity contribution < 1.29 is 13.9 Å². The third-order valence-electron chi connectivity index (χ3n) is 3.45. The maximum Gasteiger partial charge on any atom is 0.309 e. The average molecular weight is 261 g/mol. The third-order valence-corrected chi connectivity index (χ3v) is 3.45. The Morgan fingerprint density at radius 2 is 2.32 bits per heavy atom. The summed E-state index contributed by atoms with van der Waals surface area (Å²) < 4.78 is 12.4. The zero-order valence-electron chi connectivity index (χ0n) is 10.9. The van der Waals surface area contributed by atoms with Gasteiger partial charge >= 0.3 is 5.97 Å². The minimum Gasteiger partial charge on any atom is -0.469 e. The van der Waals surface area contributed by atoms with Crippen LogP contribution in [0.4, 0.5) is 0 Å². The van der Waals surface area contributed by atoms with Gasteiger partial charge in [0, 0.05) is 13.0 Å². The van der Waals surface area contributed by atoms with E-state index >= 15 is 0 Å². The quantitative estimate of drug-likeness (QED) is 0.768. The highest BCUT2D eigenvalue weighted by Crippen LogP contribution is 2.27. The van der Waals surface area contributed by atoms with Crippen molar-refractivity contribution in [2.45, 2.75) is 26.3 Å². The molecule has 6 nitrogen and oxygen atoms in total. The number of hydrogen-bond acceptors (Lipinski definition) is 5. The molecule has 0 fully saturated rings. The molecule has 2 aromatic heterocycles. The molecule has 0 spiro atoms. The Hall–Kier alpha value is -2.11. The van der Waals surface area contributed by atoms with Gasteiger partial charge in [-0.3, -0.25) is 4.79 Å². The van der Waals surface area contributed by atoms with Crippen LogP contribution in [0.1, 0.15) is 18.0 Å². The SMILES string of the molecule is COC(=O)C1CCn2c(nnc2-c2ccc(C)o2)C1. The van der Waals surface area contributed by atoms with Crippen molar-refractivity contribution in [1.29, 1.82) is 0 Å². The zero-order chi connectivity index (χ0) is 13.4. The molecular weight excluding hydrogens is 246 g/mol. The first kappa shape index (κ1) is 12.0. The van der Waals surface area contributed by atoms with Gasteiger partial charge in [-0.15, -0.1) is 10.2 Å². The topological polar surface area (TPSA) is 70.2 Å². The molecule has 19 heavy (non-hydrogen) atoms. The summed E-state index contributed by atoms with van der Waals surface area (Å²) in [7, 11) is 1.42. The summed E-state index contributed by atoms with van der Waals surface area (Å²) in [5.74, 6) is 2.80. The molecule has 0 amide bonds. The van der Waals surface area contributed by atoms with Crippen LogP contribution in [0.5, 0.6) is 0 Å². The molecule has 3 rings (SSSR count). The van der Waals surface area contributed by atoms with Crippen LogP contribution < -0.4 is 0 Å². The number of fused-ring (bicyclic) bond motifs is 1. The first-order chi connectivity index (χ1) is 9.19. The van der Waals surface area contributed by atoms with E-state index in [4.69, 9.17) is 9.15 Å². The van der Waals surface area contributed by atoms with Crippen LogP contribution >= 0.6 is 0 Å². The average Bonchev–Trinajstić information content (AvgIpc) is 3.02. The first-order valence-corrected chi connectivity index (χ1v) is 6.25. The van der Waals surface area contributed by atoms with Crippen molar-refractivity contribution in [1.82, 2.24) is 14.8 Å². The van der Waals surface area contributed by atoms with Gasteiger partial charge in [0.1, 0.15) is 11.6 Å². The molecule has 0 aromatic carbocycles. The molecule has 3 heterocycles. The number of aromatic nitrogens is 3. The van der Waals surface area contributed by atoms with Gasteiger partial charge in [-0.25, -0.2) is 0 Å². The van der Waals surface area contributed by atoms with Crippen LogP contribution in [0.3, 0.4) is 0 Å². The molecule has 0 N–H and O–H groups in total. The molecule has 0 aliphatic carbocycles. The van der Waals surface area contributed by atoms with E-state index < -0.39 is 0 Å². The van der Waals surface area contributed by atoms with E-state index in [9.17, 15) is 4.79 Å². The summed E-state index contributed by atoms with van der Waals surface area (Å²) in [6, 6.07) is 3.79. The van der Waals surface area contributed by atoms with Gasteiger partial charge in [0.2, 0.25) is 0 Å². The predicted octanol–water partition coefficient (Wildman–Crippen LogP) is 1.58. The lowest BCUT2D eigenvalue weighted by Crippen LogP contribution is -2.27. The highest BCUT2D eigenvalue weighted by atomic mass is 16.5. The summed E-state index contributed by atoms with van der Waals surface area (Å²) in [6.45, 7) is 2.60. The predicted molar refractivity (Wildman–Crippen MR) is 66.3 cm³/mol. The lowest BCUT2D eigenvalue weighted by molar-refractivity contribution is -0.146. The smallest absolute Gasteiger partial charge is 0.309 e. The van der Waals surface area contributed by atoms with E-state index in [0.717, 1.165) is 23.8 Å². The fourth-order valence-electron chi connectivity index (χ4n) is 2.43. The number of carbonyl (C=O) groups is 1. The van der Waals surface area contributed by atoms with Crippen molar-refractivity contribution in [3.8, 4) is 11.6 Å². The number of rotatable bonds is 2. The summed E-state index contributed by atoms with van der Waals surface area (Å²) in [5, 5.41) is 8.32. The Bertz CT molecular complexity index is 614. The normalized spacial score (nSPS) is 18.1. The number of furan rings is 1. The monoisotopic (exact) mass is 261 g/mol. The molecule has 1 unspecified atom stereocenters. The first-order valence-electron chi connectivity index (χ1n) is 6.25. The van der Waals surface area contributed by atoms with Crippen molar-refractivity contribution >= 4 is 5.97 Å². The van der Waals surface area contributed by atoms with Crippen LogP contribution in [0.2, 0.25) is 0 Å². The maximum absolute atomic E-state index is 11.6. The molecule has 1 aliphatic heterocycles. The second-order valence-corrected chi connectivity index (χ2v) is 4.71. The molecule has 100 valence electrons. The second kappa shape index (κ2) is 4.53. The van der Waals surface area contributed by atoms with Gasteiger partial charge in [0.25, 0.3) is 0 Å². The van der Waals surface area contributed by atoms with Gasteiger partial charge in [-0.2, -0.15) is 0 Å². The van der Waals surface area contributed by atoms with Crippen molar-refractivity contribution in [3.63, 3.8) is 0 Å². The largest absolute Gasteiger partial charge is 0.469 e. The molecule has 0 saturated carbocycles. The Labute approximate surface area is 110 Å². The minimum absolute atomic E-state index is 0.118. The maximum atomic E-state index is 11.6. The summed E-state index contributed by atoms with van der Waals surface area (Å²) in [6.07, 6.45) is 1.31. The summed E-state index contributed by atoms with van der Waals surface area (Å²) in [5.41, 5.74) is 0. The number of nitrogens with zero attached hydrogens (tertiary/aromatic N) is 3. The van der Waals surface area contributed by atoms with Crippen LogP contribution in [-0.2, 0) is 22.5 Å². The van der Waals surface area contributed by atoms with E-state index in [1.807, 2.05) is 23.6 Å². The molecule has 1 atom stereocenters.